The summed E-state index contributed by atoms with van der Waals surface area (Å²) in [7, 11) is 0. The van der Waals surface area contributed by atoms with E-state index in [1.807, 2.05) is 0 Å². The van der Waals surface area contributed by atoms with Crippen molar-refractivity contribution in [3.8, 4) is 0 Å². The highest BCUT2D eigenvalue weighted by Gasteiger charge is 2.31. The molecule has 0 bridgehead atoms. The van der Waals surface area contributed by atoms with Gasteiger partial charge in [0.05, 0.1) is 6.61 Å². The van der Waals surface area contributed by atoms with Crippen molar-refractivity contribution in [3.63, 3.8) is 0 Å². The van der Waals surface area contributed by atoms with Gasteiger partial charge < -0.3 is 10.8 Å². The molecule has 2 rings (SSSR count). The van der Waals surface area contributed by atoms with E-state index in [2.05, 4.69) is 11.8 Å². The summed E-state index contributed by atoms with van der Waals surface area (Å²) in [6.45, 7) is 4.55. The minimum absolute atomic E-state index is 0.287. The highest BCUT2D eigenvalue weighted by molar-refractivity contribution is 4.86. The van der Waals surface area contributed by atoms with Gasteiger partial charge in [-0.25, -0.2) is 0 Å². The third kappa shape index (κ3) is 4.44. The molecule has 0 spiro atoms. The van der Waals surface area contributed by atoms with Gasteiger partial charge in [-0.05, 0) is 43.9 Å². The van der Waals surface area contributed by atoms with Crippen LogP contribution in [0.25, 0.3) is 0 Å². The third-order valence-electron chi connectivity index (χ3n) is 5.67. The SMILES string of the molecule is CCC1CCC(N)C(CN(CCO)C2CCCCC2)C1. The number of hydrogen-bond acceptors (Lipinski definition) is 3. The molecule has 0 radical (unpaired) electrons. The van der Waals surface area contributed by atoms with Gasteiger partial charge in [-0.3, -0.25) is 4.90 Å². The fourth-order valence-electron chi connectivity index (χ4n) is 4.26. The van der Waals surface area contributed by atoms with Crippen LogP contribution in [0.15, 0.2) is 0 Å². The lowest BCUT2D eigenvalue weighted by atomic mass is 9.76. The molecule has 0 aromatic carbocycles. The van der Waals surface area contributed by atoms with Gasteiger partial charge in [0.25, 0.3) is 0 Å². The van der Waals surface area contributed by atoms with Crippen LogP contribution in [0.3, 0.4) is 0 Å². The van der Waals surface area contributed by atoms with Gasteiger partial charge in [0.1, 0.15) is 0 Å². The first-order valence-corrected chi connectivity index (χ1v) is 8.85. The molecular formula is C17H34N2O. The second kappa shape index (κ2) is 8.35. The van der Waals surface area contributed by atoms with Crippen molar-refractivity contribution in [1.29, 1.82) is 0 Å². The Morgan fingerprint density at radius 2 is 1.85 bits per heavy atom. The molecule has 3 atom stereocenters. The van der Waals surface area contributed by atoms with Gasteiger partial charge in [0, 0.05) is 25.2 Å². The van der Waals surface area contributed by atoms with Crippen LogP contribution < -0.4 is 5.73 Å². The molecule has 3 nitrogen and oxygen atoms in total. The second-order valence-electron chi connectivity index (χ2n) is 7.02. The minimum atomic E-state index is 0.287. The first-order valence-electron chi connectivity index (χ1n) is 8.85. The van der Waals surface area contributed by atoms with Crippen LogP contribution in [-0.4, -0.2) is 41.8 Å². The molecule has 0 aliphatic heterocycles. The number of nitrogens with zero attached hydrogens (tertiary/aromatic N) is 1. The van der Waals surface area contributed by atoms with E-state index in [1.165, 1.54) is 57.8 Å². The fraction of sp³-hybridized carbons (Fsp3) is 1.00. The van der Waals surface area contributed by atoms with Crippen LogP contribution in [0, 0.1) is 11.8 Å². The Morgan fingerprint density at radius 1 is 1.10 bits per heavy atom. The maximum atomic E-state index is 9.39. The Bertz CT molecular complexity index is 266. The Hall–Kier alpha value is -0.120. The Morgan fingerprint density at radius 3 is 2.50 bits per heavy atom. The number of aliphatic hydroxyl groups is 1. The maximum Gasteiger partial charge on any atom is 0.0558 e. The summed E-state index contributed by atoms with van der Waals surface area (Å²) in [6.07, 6.45) is 11.9. The zero-order valence-corrected chi connectivity index (χ0v) is 13.3. The van der Waals surface area contributed by atoms with Gasteiger partial charge >= 0.3 is 0 Å². The lowest BCUT2D eigenvalue weighted by molar-refractivity contribution is 0.0823. The van der Waals surface area contributed by atoms with E-state index in [1.54, 1.807) is 0 Å². The predicted molar refractivity (Wildman–Crippen MR) is 84.6 cm³/mol. The molecule has 0 aromatic heterocycles. The number of aliphatic hydroxyl groups excluding tert-OH is 1. The van der Waals surface area contributed by atoms with Crippen molar-refractivity contribution in [2.75, 3.05) is 19.7 Å². The van der Waals surface area contributed by atoms with Crippen LogP contribution in [0.2, 0.25) is 0 Å². The smallest absolute Gasteiger partial charge is 0.0558 e. The molecule has 3 N–H and O–H groups in total. The maximum absolute atomic E-state index is 9.39. The van der Waals surface area contributed by atoms with E-state index in [9.17, 15) is 5.11 Å². The Labute approximate surface area is 124 Å². The number of nitrogens with two attached hydrogens (primary N) is 1. The number of rotatable bonds is 6. The van der Waals surface area contributed by atoms with Crippen LogP contribution in [0.4, 0.5) is 0 Å². The summed E-state index contributed by atoms with van der Waals surface area (Å²) in [5.41, 5.74) is 6.38. The quantitative estimate of drug-likeness (QED) is 0.787. The molecule has 0 heterocycles. The Kier molecular flexibility index (Phi) is 6.79. The van der Waals surface area contributed by atoms with E-state index < -0.39 is 0 Å². The summed E-state index contributed by atoms with van der Waals surface area (Å²) < 4.78 is 0. The van der Waals surface area contributed by atoms with Gasteiger partial charge in [-0.2, -0.15) is 0 Å². The average molecular weight is 282 g/mol. The molecule has 2 fully saturated rings. The second-order valence-corrected chi connectivity index (χ2v) is 7.02. The molecule has 2 aliphatic carbocycles. The van der Waals surface area contributed by atoms with E-state index >= 15 is 0 Å². The van der Waals surface area contributed by atoms with Crippen molar-refractivity contribution in [2.24, 2.45) is 17.6 Å². The van der Waals surface area contributed by atoms with E-state index in [4.69, 9.17) is 5.73 Å². The molecule has 0 saturated heterocycles. The Balaban J connectivity index is 1.91. The zero-order valence-electron chi connectivity index (χ0n) is 13.3. The first kappa shape index (κ1) is 16.3. The monoisotopic (exact) mass is 282 g/mol. The van der Waals surface area contributed by atoms with Gasteiger partial charge in [-0.15, -0.1) is 0 Å². The summed E-state index contributed by atoms with van der Waals surface area (Å²) in [4.78, 5) is 2.56. The molecule has 0 amide bonds. The van der Waals surface area contributed by atoms with Gasteiger partial charge in [0.2, 0.25) is 0 Å². The third-order valence-corrected chi connectivity index (χ3v) is 5.67. The lowest BCUT2D eigenvalue weighted by Gasteiger charge is -2.41. The van der Waals surface area contributed by atoms with Crippen LogP contribution in [0.1, 0.15) is 64.7 Å². The van der Waals surface area contributed by atoms with Crippen molar-refractivity contribution in [1.82, 2.24) is 4.90 Å². The molecule has 3 heteroatoms. The summed E-state index contributed by atoms with van der Waals surface area (Å²) >= 11 is 0. The standard InChI is InChI=1S/C17H34N2O/c1-2-14-8-9-17(18)15(12-14)13-19(10-11-20)16-6-4-3-5-7-16/h14-17,20H,2-13,18H2,1H3. The molecule has 3 unspecified atom stereocenters. The van der Waals surface area contributed by atoms with Crippen LogP contribution in [-0.2, 0) is 0 Å². The molecular weight excluding hydrogens is 248 g/mol. The lowest BCUT2D eigenvalue weighted by Crippen LogP contribution is -2.47. The van der Waals surface area contributed by atoms with Crippen LogP contribution in [0.5, 0.6) is 0 Å². The highest BCUT2D eigenvalue weighted by atomic mass is 16.3. The largest absolute Gasteiger partial charge is 0.395 e. The normalized spacial score (nSPS) is 32.7. The summed E-state index contributed by atoms with van der Waals surface area (Å²) in [6, 6.07) is 1.08. The predicted octanol–water partition coefficient (Wildman–Crippen LogP) is 2.77. The molecule has 118 valence electrons. The van der Waals surface area contributed by atoms with Crippen LogP contribution >= 0.6 is 0 Å². The summed E-state index contributed by atoms with van der Waals surface area (Å²) in [5.74, 6) is 1.52. The molecule has 0 aromatic rings. The minimum Gasteiger partial charge on any atom is -0.395 e. The average Bonchev–Trinajstić information content (AvgIpc) is 2.49. The molecule has 20 heavy (non-hydrogen) atoms. The van der Waals surface area contributed by atoms with Crippen molar-refractivity contribution >= 4 is 0 Å². The fourth-order valence-corrected chi connectivity index (χ4v) is 4.26. The molecule has 2 aliphatic rings. The number of hydrogen-bond donors (Lipinski definition) is 2. The van der Waals surface area contributed by atoms with E-state index in [0.717, 1.165) is 19.0 Å². The van der Waals surface area contributed by atoms with Crippen molar-refractivity contribution in [3.05, 3.63) is 0 Å². The van der Waals surface area contributed by atoms with E-state index in [0.29, 0.717) is 18.0 Å². The van der Waals surface area contributed by atoms with Gasteiger partial charge in [-0.1, -0.05) is 32.6 Å². The first-order chi connectivity index (χ1) is 9.74. The topological polar surface area (TPSA) is 49.5 Å². The van der Waals surface area contributed by atoms with E-state index in [-0.39, 0.29) is 6.61 Å². The van der Waals surface area contributed by atoms with Crippen molar-refractivity contribution in [2.45, 2.75) is 76.8 Å². The molecule has 2 saturated carbocycles. The van der Waals surface area contributed by atoms with Gasteiger partial charge in [0.15, 0.2) is 0 Å². The summed E-state index contributed by atoms with van der Waals surface area (Å²) in [5, 5.41) is 9.39. The zero-order chi connectivity index (χ0) is 14.4. The highest BCUT2D eigenvalue weighted by Crippen LogP contribution is 2.32. The van der Waals surface area contributed by atoms with Crippen molar-refractivity contribution < 1.29 is 5.11 Å².